The number of aryl methyl sites for hydroxylation is 1. The number of carbonyl (C=O) groups excluding carboxylic acids is 1. The van der Waals surface area contributed by atoms with E-state index in [1.165, 1.54) is 13.1 Å². The molecule has 0 unspecified atom stereocenters. The molecule has 0 radical (unpaired) electrons. The molecule has 0 N–H and O–H groups in total. The Morgan fingerprint density at radius 3 is 2.52 bits per heavy atom. The fraction of sp³-hybridized carbons (Fsp3) is 0.562. The van der Waals surface area contributed by atoms with Crippen LogP contribution in [0.4, 0.5) is 0 Å². The highest BCUT2D eigenvalue weighted by Gasteiger charge is 2.26. The van der Waals surface area contributed by atoms with Gasteiger partial charge in [-0.3, -0.25) is 4.79 Å². The molecule has 2 rings (SSSR count). The number of rotatable bonds is 6. The summed E-state index contributed by atoms with van der Waals surface area (Å²) < 4.78 is 31.8. The summed E-state index contributed by atoms with van der Waals surface area (Å²) in [6.45, 7) is 5.51. The number of likely N-dealkylation sites (tertiary alicyclic amines) is 1. The lowest BCUT2D eigenvalue weighted by Crippen LogP contribution is -2.39. The van der Waals surface area contributed by atoms with Crippen LogP contribution in [0.3, 0.4) is 0 Å². The highest BCUT2D eigenvalue weighted by Crippen LogP contribution is 2.23. The predicted molar refractivity (Wildman–Crippen MR) is 88.0 cm³/mol. The van der Waals surface area contributed by atoms with E-state index in [1.54, 1.807) is 24.0 Å². The molecule has 23 heavy (non-hydrogen) atoms. The monoisotopic (exact) mass is 340 g/mol. The van der Waals surface area contributed by atoms with Gasteiger partial charge in [0, 0.05) is 20.1 Å². The molecule has 128 valence electrons. The minimum atomic E-state index is -3.69. The lowest BCUT2D eigenvalue weighted by molar-refractivity contribution is -0.130. The van der Waals surface area contributed by atoms with E-state index in [0.717, 1.165) is 35.8 Å². The molecule has 7 heteroatoms. The molecule has 1 aliphatic rings. The number of sulfonamides is 1. The quantitative estimate of drug-likeness (QED) is 0.789. The summed E-state index contributed by atoms with van der Waals surface area (Å²) in [5, 5.41) is 0. The summed E-state index contributed by atoms with van der Waals surface area (Å²) in [6.07, 6.45) is 1.97. The van der Waals surface area contributed by atoms with Crippen molar-refractivity contribution in [1.82, 2.24) is 9.21 Å². The maximum Gasteiger partial charge on any atom is 0.243 e. The van der Waals surface area contributed by atoms with Gasteiger partial charge in [0.15, 0.2) is 0 Å². The molecule has 1 saturated heterocycles. The summed E-state index contributed by atoms with van der Waals surface area (Å²) in [4.78, 5) is 14.0. The zero-order valence-electron chi connectivity index (χ0n) is 13.9. The summed E-state index contributed by atoms with van der Waals surface area (Å²) in [6, 6.07) is 4.75. The molecule has 0 saturated carbocycles. The van der Waals surface area contributed by atoms with Crippen molar-refractivity contribution in [3.05, 3.63) is 23.8 Å². The number of likely N-dealkylation sites (N-methyl/N-ethyl adjacent to an activating group) is 1. The van der Waals surface area contributed by atoms with E-state index in [1.807, 2.05) is 6.92 Å². The van der Waals surface area contributed by atoms with Gasteiger partial charge >= 0.3 is 0 Å². The Balaban J connectivity index is 2.13. The molecule has 1 aliphatic heterocycles. The fourth-order valence-electron chi connectivity index (χ4n) is 2.62. The molecule has 6 nitrogen and oxygen atoms in total. The van der Waals surface area contributed by atoms with Crippen molar-refractivity contribution in [3.8, 4) is 5.75 Å². The summed E-state index contributed by atoms with van der Waals surface area (Å²) in [5.74, 6) is 0.526. The molecular formula is C16H24N2O4S. The van der Waals surface area contributed by atoms with Crippen molar-refractivity contribution in [2.24, 2.45) is 0 Å². The maximum absolute atomic E-state index is 12.6. The molecule has 0 spiro atoms. The van der Waals surface area contributed by atoms with Gasteiger partial charge in [-0.15, -0.1) is 0 Å². The Labute approximate surface area is 138 Å². The van der Waals surface area contributed by atoms with Crippen LogP contribution in [0.1, 0.15) is 25.3 Å². The van der Waals surface area contributed by atoms with Gasteiger partial charge < -0.3 is 9.64 Å². The number of hydrogen-bond donors (Lipinski definition) is 0. The van der Waals surface area contributed by atoms with Gasteiger partial charge in [-0.1, -0.05) is 0 Å². The van der Waals surface area contributed by atoms with Gasteiger partial charge in [-0.05, 0) is 50.5 Å². The Morgan fingerprint density at radius 2 is 1.96 bits per heavy atom. The average molecular weight is 340 g/mol. The number of ether oxygens (including phenoxy) is 1. The van der Waals surface area contributed by atoms with Gasteiger partial charge in [0.1, 0.15) is 5.75 Å². The highest BCUT2D eigenvalue weighted by molar-refractivity contribution is 7.89. The minimum absolute atomic E-state index is 0.130. The number of hydrogen-bond acceptors (Lipinski definition) is 4. The molecule has 0 atom stereocenters. The first-order chi connectivity index (χ1) is 10.9. The van der Waals surface area contributed by atoms with Gasteiger partial charge in [0.25, 0.3) is 0 Å². The third-order valence-corrected chi connectivity index (χ3v) is 5.77. The van der Waals surface area contributed by atoms with E-state index in [2.05, 4.69) is 0 Å². The number of nitrogens with zero attached hydrogens (tertiary/aromatic N) is 2. The molecule has 1 aromatic rings. The molecule has 0 bridgehead atoms. The zero-order chi connectivity index (χ0) is 17.0. The van der Waals surface area contributed by atoms with Crippen LogP contribution in [0.15, 0.2) is 23.1 Å². The number of amides is 1. The Bertz CT molecular complexity index is 667. The smallest absolute Gasteiger partial charge is 0.243 e. The Kier molecular flexibility index (Phi) is 5.64. The lowest BCUT2D eigenvalue weighted by atomic mass is 10.2. The first kappa shape index (κ1) is 17.7. The lowest BCUT2D eigenvalue weighted by Gasteiger charge is -2.21. The molecule has 1 aromatic carbocycles. The fourth-order valence-corrected chi connectivity index (χ4v) is 3.83. The number of benzene rings is 1. The predicted octanol–water partition coefficient (Wildman–Crippen LogP) is 1.64. The molecule has 1 heterocycles. The summed E-state index contributed by atoms with van der Waals surface area (Å²) >= 11 is 0. The van der Waals surface area contributed by atoms with Crippen molar-refractivity contribution < 1.29 is 17.9 Å². The average Bonchev–Trinajstić information content (AvgIpc) is 3.03. The third-order valence-electron chi connectivity index (χ3n) is 3.97. The molecule has 0 aliphatic carbocycles. The summed E-state index contributed by atoms with van der Waals surface area (Å²) in [7, 11) is -2.25. The van der Waals surface area contributed by atoms with Crippen LogP contribution in [-0.2, 0) is 14.8 Å². The third kappa shape index (κ3) is 4.03. The van der Waals surface area contributed by atoms with Gasteiger partial charge in [-0.2, -0.15) is 4.31 Å². The SMILES string of the molecule is CCOc1ccc(S(=O)(=O)N(C)CC(=O)N2CCCC2)cc1C. The van der Waals surface area contributed by atoms with Gasteiger partial charge in [0.2, 0.25) is 15.9 Å². The second-order valence-corrected chi connectivity index (χ2v) is 7.75. The first-order valence-electron chi connectivity index (χ1n) is 7.84. The van der Waals surface area contributed by atoms with Gasteiger partial charge in [0.05, 0.1) is 18.0 Å². The van der Waals surface area contributed by atoms with E-state index >= 15 is 0 Å². The number of carbonyl (C=O) groups is 1. The van der Waals surface area contributed by atoms with Crippen LogP contribution >= 0.6 is 0 Å². The maximum atomic E-state index is 12.6. The largest absolute Gasteiger partial charge is 0.494 e. The van der Waals surface area contributed by atoms with E-state index in [4.69, 9.17) is 4.74 Å². The summed E-state index contributed by atoms with van der Waals surface area (Å²) in [5.41, 5.74) is 0.757. The standard InChI is InChI=1S/C16H24N2O4S/c1-4-22-15-8-7-14(11-13(15)2)23(20,21)17(3)12-16(19)18-9-5-6-10-18/h7-8,11H,4-6,9-10,12H2,1-3H3. The van der Waals surface area contributed by atoms with Crippen LogP contribution in [0.5, 0.6) is 5.75 Å². The van der Waals surface area contributed by atoms with Crippen LogP contribution in [-0.4, -0.2) is 56.8 Å². The second-order valence-electron chi connectivity index (χ2n) is 5.71. The van der Waals surface area contributed by atoms with E-state index in [9.17, 15) is 13.2 Å². The van der Waals surface area contributed by atoms with Crippen LogP contribution < -0.4 is 4.74 Å². The minimum Gasteiger partial charge on any atom is -0.494 e. The first-order valence-corrected chi connectivity index (χ1v) is 9.28. The van der Waals surface area contributed by atoms with Crippen molar-refractivity contribution in [1.29, 1.82) is 0 Å². The molecule has 0 aromatic heterocycles. The molecule has 1 amide bonds. The van der Waals surface area contributed by atoms with Crippen molar-refractivity contribution in [2.45, 2.75) is 31.6 Å². The van der Waals surface area contributed by atoms with E-state index in [-0.39, 0.29) is 17.3 Å². The Hall–Kier alpha value is -1.60. The van der Waals surface area contributed by atoms with Crippen molar-refractivity contribution in [2.75, 3.05) is 33.3 Å². The second kappa shape index (κ2) is 7.31. The topological polar surface area (TPSA) is 66.9 Å². The van der Waals surface area contributed by atoms with Gasteiger partial charge in [-0.25, -0.2) is 8.42 Å². The zero-order valence-corrected chi connectivity index (χ0v) is 14.7. The van der Waals surface area contributed by atoms with E-state index in [0.29, 0.717) is 12.4 Å². The van der Waals surface area contributed by atoms with Crippen molar-refractivity contribution in [3.63, 3.8) is 0 Å². The normalized spacial score (nSPS) is 15.2. The van der Waals surface area contributed by atoms with Crippen LogP contribution in [0.2, 0.25) is 0 Å². The highest BCUT2D eigenvalue weighted by atomic mass is 32.2. The van der Waals surface area contributed by atoms with Crippen molar-refractivity contribution >= 4 is 15.9 Å². The molecular weight excluding hydrogens is 316 g/mol. The van der Waals surface area contributed by atoms with Crippen LogP contribution in [0, 0.1) is 6.92 Å². The van der Waals surface area contributed by atoms with Crippen LogP contribution in [0.25, 0.3) is 0 Å². The van der Waals surface area contributed by atoms with E-state index < -0.39 is 10.0 Å². The molecule has 1 fully saturated rings. The Morgan fingerprint density at radius 1 is 1.30 bits per heavy atom.